The summed E-state index contributed by atoms with van der Waals surface area (Å²) in [5.41, 5.74) is 3.09. The van der Waals surface area contributed by atoms with Crippen LogP contribution in [0, 0.1) is 6.92 Å². The van der Waals surface area contributed by atoms with E-state index in [-0.39, 0.29) is 11.9 Å². The fourth-order valence-electron chi connectivity index (χ4n) is 3.32. The van der Waals surface area contributed by atoms with Crippen molar-refractivity contribution in [3.8, 4) is 0 Å². The van der Waals surface area contributed by atoms with Crippen LogP contribution in [0.25, 0.3) is 5.65 Å². The van der Waals surface area contributed by atoms with E-state index in [9.17, 15) is 4.79 Å². The van der Waals surface area contributed by atoms with Crippen LogP contribution in [-0.2, 0) is 0 Å². The van der Waals surface area contributed by atoms with Crippen molar-refractivity contribution in [3.63, 3.8) is 0 Å². The van der Waals surface area contributed by atoms with E-state index in [4.69, 9.17) is 0 Å². The van der Waals surface area contributed by atoms with Gasteiger partial charge >= 0.3 is 0 Å². The maximum Gasteiger partial charge on any atom is 0.274 e. The SMILES string of the molecule is Cc1cc2nccc(C3CCCCN3C(=O)c3cnccn3)n2n1. The summed E-state index contributed by atoms with van der Waals surface area (Å²) in [5, 5.41) is 4.54. The molecule has 1 aliphatic rings. The molecule has 3 aromatic heterocycles. The van der Waals surface area contributed by atoms with Gasteiger partial charge in [-0.15, -0.1) is 0 Å². The molecule has 1 unspecified atom stereocenters. The van der Waals surface area contributed by atoms with Gasteiger partial charge in [0.1, 0.15) is 5.69 Å². The molecular formula is C17H18N6O. The van der Waals surface area contributed by atoms with E-state index in [0.29, 0.717) is 12.2 Å². The normalized spacial score (nSPS) is 18.0. The fourth-order valence-corrected chi connectivity index (χ4v) is 3.32. The van der Waals surface area contributed by atoms with Crippen molar-refractivity contribution < 1.29 is 4.79 Å². The van der Waals surface area contributed by atoms with Crippen molar-refractivity contribution in [2.24, 2.45) is 0 Å². The first-order valence-electron chi connectivity index (χ1n) is 8.12. The minimum atomic E-state index is -0.0818. The second-order valence-corrected chi connectivity index (χ2v) is 6.03. The largest absolute Gasteiger partial charge is 0.329 e. The van der Waals surface area contributed by atoms with Gasteiger partial charge < -0.3 is 4.90 Å². The first kappa shape index (κ1) is 14.7. The highest BCUT2D eigenvalue weighted by molar-refractivity contribution is 5.92. The van der Waals surface area contributed by atoms with Gasteiger partial charge in [-0.05, 0) is 32.3 Å². The third kappa shape index (κ3) is 2.51. The van der Waals surface area contributed by atoms with Crippen molar-refractivity contribution >= 4 is 11.6 Å². The Morgan fingerprint density at radius 2 is 2.12 bits per heavy atom. The molecule has 4 heterocycles. The molecule has 0 aliphatic carbocycles. The molecule has 7 nitrogen and oxygen atoms in total. The predicted octanol–water partition coefficient (Wildman–Crippen LogP) is 2.20. The van der Waals surface area contributed by atoms with Gasteiger partial charge in [-0.2, -0.15) is 5.10 Å². The maximum atomic E-state index is 12.9. The van der Waals surface area contributed by atoms with Gasteiger partial charge in [0.25, 0.3) is 5.91 Å². The van der Waals surface area contributed by atoms with Crippen LogP contribution in [0.1, 0.15) is 47.2 Å². The summed E-state index contributed by atoms with van der Waals surface area (Å²) in [4.78, 5) is 27.3. The van der Waals surface area contributed by atoms with Crippen LogP contribution >= 0.6 is 0 Å². The van der Waals surface area contributed by atoms with Gasteiger partial charge in [-0.3, -0.25) is 9.78 Å². The Bertz CT molecular complexity index is 875. The topological polar surface area (TPSA) is 76.3 Å². The molecule has 1 amide bonds. The number of aromatic nitrogens is 5. The lowest BCUT2D eigenvalue weighted by atomic mass is 9.98. The molecular weight excluding hydrogens is 304 g/mol. The third-order valence-electron chi connectivity index (χ3n) is 4.40. The van der Waals surface area contributed by atoms with Gasteiger partial charge in [-0.1, -0.05) is 0 Å². The Morgan fingerprint density at radius 3 is 2.96 bits per heavy atom. The van der Waals surface area contributed by atoms with Crippen LogP contribution in [0.2, 0.25) is 0 Å². The second-order valence-electron chi connectivity index (χ2n) is 6.03. The number of carbonyl (C=O) groups is 1. The number of amides is 1. The van der Waals surface area contributed by atoms with E-state index in [0.717, 1.165) is 36.3 Å². The third-order valence-corrected chi connectivity index (χ3v) is 4.40. The first-order chi connectivity index (χ1) is 11.7. The molecule has 0 N–H and O–H groups in total. The van der Waals surface area contributed by atoms with Crippen LogP contribution in [0.15, 0.2) is 36.9 Å². The molecule has 24 heavy (non-hydrogen) atoms. The molecule has 0 saturated carbocycles. The van der Waals surface area contributed by atoms with Crippen molar-refractivity contribution in [3.05, 3.63) is 54.0 Å². The van der Waals surface area contributed by atoms with Crippen molar-refractivity contribution in [1.29, 1.82) is 0 Å². The fraction of sp³-hybridized carbons (Fsp3) is 0.353. The number of rotatable bonds is 2. The highest BCUT2D eigenvalue weighted by atomic mass is 16.2. The second kappa shape index (κ2) is 5.99. The molecule has 1 aliphatic heterocycles. The molecule has 1 saturated heterocycles. The zero-order chi connectivity index (χ0) is 16.5. The average Bonchev–Trinajstić information content (AvgIpc) is 3.02. The minimum absolute atomic E-state index is 0.0296. The lowest BCUT2D eigenvalue weighted by Crippen LogP contribution is -2.39. The van der Waals surface area contributed by atoms with Crippen LogP contribution in [0.5, 0.6) is 0 Å². The predicted molar refractivity (Wildman–Crippen MR) is 87.4 cm³/mol. The van der Waals surface area contributed by atoms with Gasteiger partial charge in [0.2, 0.25) is 0 Å². The van der Waals surface area contributed by atoms with Crippen molar-refractivity contribution in [2.75, 3.05) is 6.54 Å². The number of piperidine rings is 1. The Kier molecular flexibility index (Phi) is 3.68. The smallest absolute Gasteiger partial charge is 0.274 e. The number of carbonyl (C=O) groups excluding carboxylic acids is 1. The van der Waals surface area contributed by atoms with Crippen molar-refractivity contribution in [1.82, 2.24) is 29.5 Å². The molecule has 0 aromatic carbocycles. The van der Waals surface area contributed by atoms with E-state index in [2.05, 4.69) is 20.1 Å². The van der Waals surface area contributed by atoms with Gasteiger partial charge in [-0.25, -0.2) is 14.5 Å². The van der Waals surface area contributed by atoms with E-state index in [1.165, 1.54) is 6.20 Å². The van der Waals surface area contributed by atoms with Crippen LogP contribution < -0.4 is 0 Å². The summed E-state index contributed by atoms with van der Waals surface area (Å²) in [6.07, 6.45) is 9.41. The van der Waals surface area contributed by atoms with Crippen LogP contribution in [-0.4, -0.2) is 41.9 Å². The van der Waals surface area contributed by atoms with E-state index in [1.807, 2.05) is 28.5 Å². The number of hydrogen-bond donors (Lipinski definition) is 0. The minimum Gasteiger partial charge on any atom is -0.329 e. The summed E-state index contributed by atoms with van der Waals surface area (Å²) >= 11 is 0. The molecule has 0 spiro atoms. The van der Waals surface area contributed by atoms with Crippen molar-refractivity contribution in [2.45, 2.75) is 32.2 Å². The number of hydrogen-bond acceptors (Lipinski definition) is 5. The molecule has 1 fully saturated rings. The lowest BCUT2D eigenvalue weighted by molar-refractivity contribution is 0.0596. The highest BCUT2D eigenvalue weighted by Crippen LogP contribution is 2.31. The molecule has 1 atom stereocenters. The Labute approximate surface area is 139 Å². The molecule has 0 radical (unpaired) electrons. The van der Waals surface area contributed by atoms with Gasteiger partial charge in [0.05, 0.1) is 23.6 Å². The zero-order valence-corrected chi connectivity index (χ0v) is 13.5. The summed E-state index contributed by atoms with van der Waals surface area (Å²) < 4.78 is 1.85. The van der Waals surface area contributed by atoms with E-state index in [1.54, 1.807) is 18.6 Å². The molecule has 3 aromatic rings. The van der Waals surface area contributed by atoms with Crippen LogP contribution in [0.4, 0.5) is 0 Å². The number of nitrogens with zero attached hydrogens (tertiary/aromatic N) is 6. The summed E-state index contributed by atoms with van der Waals surface area (Å²) in [6.45, 7) is 2.66. The van der Waals surface area contributed by atoms with E-state index < -0.39 is 0 Å². The van der Waals surface area contributed by atoms with E-state index >= 15 is 0 Å². The molecule has 4 rings (SSSR count). The maximum absolute atomic E-state index is 12.9. The summed E-state index contributed by atoms with van der Waals surface area (Å²) in [6, 6.07) is 3.87. The Balaban J connectivity index is 1.75. The number of aryl methyl sites for hydroxylation is 1. The Hall–Kier alpha value is -2.83. The zero-order valence-electron chi connectivity index (χ0n) is 13.5. The average molecular weight is 322 g/mol. The lowest BCUT2D eigenvalue weighted by Gasteiger charge is -2.35. The number of fused-ring (bicyclic) bond motifs is 1. The quantitative estimate of drug-likeness (QED) is 0.723. The standard InChI is InChI=1S/C17H18N6O/c1-12-10-16-20-6-5-15(23(16)21-12)14-4-2-3-9-22(14)17(24)13-11-18-7-8-19-13/h5-8,10-11,14H,2-4,9H2,1H3. The Morgan fingerprint density at radius 1 is 1.21 bits per heavy atom. The number of likely N-dealkylation sites (tertiary alicyclic amines) is 1. The monoisotopic (exact) mass is 322 g/mol. The van der Waals surface area contributed by atoms with Gasteiger partial charge in [0.15, 0.2) is 5.65 Å². The highest BCUT2D eigenvalue weighted by Gasteiger charge is 2.31. The molecule has 0 bridgehead atoms. The van der Waals surface area contributed by atoms with Gasteiger partial charge in [0, 0.05) is 31.2 Å². The molecule has 122 valence electrons. The van der Waals surface area contributed by atoms with Crippen LogP contribution in [0.3, 0.4) is 0 Å². The summed E-state index contributed by atoms with van der Waals surface area (Å²) in [7, 11) is 0. The first-order valence-corrected chi connectivity index (χ1v) is 8.12. The summed E-state index contributed by atoms with van der Waals surface area (Å²) in [5.74, 6) is -0.0818. The molecule has 7 heteroatoms.